The summed E-state index contributed by atoms with van der Waals surface area (Å²) < 4.78 is 8.82. The Balaban J connectivity index is 1.81. The molecular formula is C38H57IN6O7S. The number of thiazole rings is 1. The van der Waals surface area contributed by atoms with E-state index in [1.165, 1.54) is 18.3 Å². The Bertz CT molecular complexity index is 1540. The number of ether oxygens (including phenoxy) is 1. The average Bonchev–Trinajstić information content (AvgIpc) is 3.62. The Morgan fingerprint density at radius 2 is 1.75 bits per heavy atom. The Morgan fingerprint density at radius 3 is 2.32 bits per heavy atom. The summed E-state index contributed by atoms with van der Waals surface area (Å²) in [5, 5.41) is 17.6. The van der Waals surface area contributed by atoms with Crippen molar-refractivity contribution in [1.82, 2.24) is 25.4 Å². The van der Waals surface area contributed by atoms with Crippen molar-refractivity contribution in [2.24, 2.45) is 17.8 Å². The Morgan fingerprint density at radius 1 is 1.08 bits per heavy atom. The fourth-order valence-electron chi connectivity index (χ4n) is 6.73. The molecule has 0 aliphatic carbocycles. The topological polar surface area (TPSA) is 170 Å². The van der Waals surface area contributed by atoms with Crippen LogP contribution in [0.25, 0.3) is 0 Å². The first-order valence-corrected chi connectivity index (χ1v) is 20.4. The highest BCUT2D eigenvalue weighted by Gasteiger charge is 2.37. The largest absolute Gasteiger partial charge is 0.481 e. The van der Waals surface area contributed by atoms with Gasteiger partial charge >= 0.3 is 11.9 Å². The number of amides is 3. The molecule has 0 bridgehead atoms. The second kappa shape index (κ2) is 21.0. The molecule has 294 valence electrons. The number of likely N-dealkylation sites (tertiary alicyclic amines) is 1. The van der Waals surface area contributed by atoms with Crippen LogP contribution in [-0.2, 0) is 30.3 Å². The molecule has 2 aromatic rings. The van der Waals surface area contributed by atoms with Gasteiger partial charge in [-0.2, -0.15) is 0 Å². The fourth-order valence-corrected chi connectivity index (χ4v) is 7.93. The van der Waals surface area contributed by atoms with E-state index in [0.29, 0.717) is 17.8 Å². The number of nitrogens with one attached hydrogen (secondary N) is 3. The zero-order chi connectivity index (χ0) is 39.4. The average molecular weight is 869 g/mol. The number of halogens is 1. The van der Waals surface area contributed by atoms with Crippen molar-refractivity contribution in [1.29, 1.82) is 0 Å². The molecule has 1 saturated heterocycles. The lowest BCUT2D eigenvalue weighted by Crippen LogP contribution is -2.58. The summed E-state index contributed by atoms with van der Waals surface area (Å²) in [4.78, 5) is 73.5. The van der Waals surface area contributed by atoms with Gasteiger partial charge in [0.05, 0.1) is 34.8 Å². The van der Waals surface area contributed by atoms with Gasteiger partial charge in [0.2, 0.25) is 11.8 Å². The number of aliphatic carboxylic acids is 1. The van der Waals surface area contributed by atoms with E-state index < -0.39 is 48.0 Å². The molecule has 1 aliphatic rings. The highest BCUT2D eigenvalue weighted by atomic mass is 127. The molecule has 1 aromatic heterocycles. The van der Waals surface area contributed by atoms with E-state index in [2.05, 4.69) is 19.1 Å². The van der Waals surface area contributed by atoms with E-state index in [0.717, 1.165) is 37.1 Å². The summed E-state index contributed by atoms with van der Waals surface area (Å²) >= 11 is 3.22. The van der Waals surface area contributed by atoms with E-state index >= 15 is 0 Å². The van der Waals surface area contributed by atoms with E-state index in [1.807, 2.05) is 86.8 Å². The van der Waals surface area contributed by atoms with Gasteiger partial charge in [0.15, 0.2) is 6.10 Å². The lowest BCUT2D eigenvalue weighted by Gasteiger charge is -2.38. The normalized spacial score (nSPS) is 18.2. The number of rotatable bonds is 19. The monoisotopic (exact) mass is 868 g/mol. The molecule has 15 heteroatoms. The molecule has 3 rings (SSSR count). The van der Waals surface area contributed by atoms with Crippen molar-refractivity contribution in [2.75, 3.05) is 24.2 Å². The summed E-state index contributed by atoms with van der Waals surface area (Å²) in [5.41, 5.74) is 1.98. The Kier molecular flexibility index (Phi) is 17.4. The minimum absolute atomic E-state index is 0.0544. The van der Waals surface area contributed by atoms with Crippen LogP contribution in [0.1, 0.15) is 107 Å². The number of anilines is 1. The van der Waals surface area contributed by atoms with Gasteiger partial charge in [-0.25, -0.2) is 4.98 Å². The molecule has 3 amide bonds. The number of carbonyl (C=O) groups is 5. The first-order chi connectivity index (χ1) is 25.1. The third-order valence-electron chi connectivity index (χ3n) is 10.2. The lowest BCUT2D eigenvalue weighted by atomic mass is 9.92. The minimum atomic E-state index is -0.952. The number of hydrogen-bond acceptors (Lipinski definition) is 10. The van der Waals surface area contributed by atoms with E-state index in [1.54, 1.807) is 24.3 Å². The lowest BCUT2D eigenvalue weighted by molar-refractivity contribution is -0.149. The molecule has 0 unspecified atom stereocenters. The molecule has 1 aliphatic heterocycles. The third kappa shape index (κ3) is 12.9. The van der Waals surface area contributed by atoms with Crippen LogP contribution < -0.4 is 14.2 Å². The van der Waals surface area contributed by atoms with Gasteiger partial charge in [0.1, 0.15) is 16.7 Å². The Labute approximate surface area is 331 Å². The molecule has 53 heavy (non-hydrogen) atoms. The number of nitrogens with zero attached hydrogens (tertiary/aromatic N) is 3. The quantitative estimate of drug-likeness (QED) is 0.0764. The SMILES string of the molecule is CC[C@H](C)[C@H](NC(=O)[C@H]1CCCCN1C)C(=O)N(C)[C@H](C[C@@H](OC(C)=O)c1nc(C(=O)N[C@@H](Cc2ccc(NI)cc2)C[C@H](C)C(=O)O)cs1)C(C)C. The number of carboxylic acid groups (broad SMARTS) is 1. The van der Waals surface area contributed by atoms with E-state index in [4.69, 9.17) is 4.74 Å². The second-order valence-electron chi connectivity index (χ2n) is 14.7. The van der Waals surface area contributed by atoms with Crippen molar-refractivity contribution in [2.45, 2.75) is 117 Å². The molecule has 1 fully saturated rings. The zero-order valence-corrected chi connectivity index (χ0v) is 35.2. The summed E-state index contributed by atoms with van der Waals surface area (Å²) in [6, 6.07) is 5.79. The van der Waals surface area contributed by atoms with Crippen LogP contribution in [0.3, 0.4) is 0 Å². The molecule has 2 heterocycles. The number of carbonyl (C=O) groups excluding carboxylic acids is 4. The number of piperidine rings is 1. The molecule has 0 saturated carbocycles. The smallest absolute Gasteiger partial charge is 0.306 e. The van der Waals surface area contributed by atoms with Gasteiger partial charge in [-0.3, -0.25) is 28.9 Å². The van der Waals surface area contributed by atoms with Gasteiger partial charge in [0, 0.05) is 43.5 Å². The standard InChI is InChI=1S/C38H57IN6O7S/c1-9-23(4)33(42-35(48)30-12-10-11-17-44(30)7)37(49)45(8)31(22(2)3)20-32(52-25(6)46)36-41-29(21-53-36)34(47)40-28(18-24(5)38(50)51)19-26-13-15-27(43-39)16-14-26/h13-16,21-24,28,30-33,43H,9-12,17-20H2,1-8H3,(H,40,47)(H,42,48)(H,50,51)/t23-,24-,28+,30+,31+,32+,33-/m0/s1. The number of esters is 1. The molecule has 0 spiro atoms. The van der Waals surface area contributed by atoms with Crippen LogP contribution in [0.5, 0.6) is 0 Å². The molecule has 1 aromatic carbocycles. The molecule has 7 atom stereocenters. The zero-order valence-electron chi connectivity index (χ0n) is 32.2. The Hall–Kier alpha value is -3.31. The highest BCUT2D eigenvalue weighted by Crippen LogP contribution is 2.31. The minimum Gasteiger partial charge on any atom is -0.481 e. The van der Waals surface area contributed by atoms with Gasteiger partial charge in [-0.15, -0.1) is 11.3 Å². The maximum Gasteiger partial charge on any atom is 0.306 e. The van der Waals surface area contributed by atoms with Gasteiger partial charge in [-0.05, 0) is 68.8 Å². The maximum absolute atomic E-state index is 14.2. The molecule has 4 N–H and O–H groups in total. The van der Waals surface area contributed by atoms with Gasteiger partial charge in [-0.1, -0.05) is 59.6 Å². The van der Waals surface area contributed by atoms with Crippen LogP contribution >= 0.6 is 34.2 Å². The van der Waals surface area contributed by atoms with Crippen molar-refractivity contribution in [3.05, 3.63) is 45.9 Å². The van der Waals surface area contributed by atoms with Crippen LogP contribution in [0.2, 0.25) is 0 Å². The number of benzene rings is 1. The van der Waals surface area contributed by atoms with Gasteiger partial charge < -0.3 is 28.9 Å². The predicted molar refractivity (Wildman–Crippen MR) is 215 cm³/mol. The van der Waals surface area contributed by atoms with Crippen LogP contribution in [0.4, 0.5) is 5.69 Å². The van der Waals surface area contributed by atoms with Gasteiger partial charge in [0.25, 0.3) is 5.91 Å². The van der Waals surface area contributed by atoms with Crippen molar-refractivity contribution >= 4 is 69.5 Å². The number of aromatic nitrogens is 1. The highest BCUT2D eigenvalue weighted by molar-refractivity contribution is 14.1. The first-order valence-electron chi connectivity index (χ1n) is 18.4. The molecule has 0 radical (unpaired) electrons. The summed E-state index contributed by atoms with van der Waals surface area (Å²) in [6.07, 6.45) is 3.46. The van der Waals surface area contributed by atoms with Crippen LogP contribution in [0, 0.1) is 17.8 Å². The van der Waals surface area contributed by atoms with Crippen molar-refractivity contribution in [3.63, 3.8) is 0 Å². The molecular weight excluding hydrogens is 811 g/mol. The van der Waals surface area contributed by atoms with E-state index in [9.17, 15) is 29.1 Å². The third-order valence-corrected chi connectivity index (χ3v) is 11.8. The summed E-state index contributed by atoms with van der Waals surface area (Å²) in [6.45, 7) is 11.7. The van der Waals surface area contributed by atoms with Crippen molar-refractivity contribution < 1.29 is 33.8 Å². The predicted octanol–water partition coefficient (Wildman–Crippen LogP) is 5.85. The number of likely N-dealkylation sites (N-methyl/N-ethyl adjacent to an activating group) is 2. The summed E-state index contributed by atoms with van der Waals surface area (Å²) in [5.74, 6) is -3.16. The summed E-state index contributed by atoms with van der Waals surface area (Å²) in [7, 11) is 3.66. The van der Waals surface area contributed by atoms with Crippen molar-refractivity contribution in [3.8, 4) is 0 Å². The number of carboxylic acids is 1. The fraction of sp³-hybridized carbons (Fsp3) is 0.632. The first kappa shape index (κ1) is 44.1. The second-order valence-corrected chi connectivity index (χ2v) is 16.1. The number of hydrogen-bond donors (Lipinski definition) is 4. The van der Waals surface area contributed by atoms with E-state index in [-0.39, 0.29) is 48.2 Å². The molecule has 13 nitrogen and oxygen atoms in total. The van der Waals surface area contributed by atoms with Crippen LogP contribution in [0.15, 0.2) is 29.6 Å². The maximum atomic E-state index is 14.2. The van der Waals surface area contributed by atoms with Crippen LogP contribution in [-0.4, -0.2) is 94.4 Å².